The van der Waals surface area contributed by atoms with Crippen molar-refractivity contribution in [1.29, 1.82) is 0 Å². The maximum absolute atomic E-state index is 6.20. The van der Waals surface area contributed by atoms with E-state index in [0.717, 1.165) is 42.5 Å². The van der Waals surface area contributed by atoms with Gasteiger partial charge in [0.05, 0.1) is 10.7 Å². The molecule has 1 aliphatic rings. The molecule has 1 aliphatic carbocycles. The Kier molecular flexibility index (Phi) is 5.23. The van der Waals surface area contributed by atoms with E-state index in [1.165, 1.54) is 12.8 Å². The summed E-state index contributed by atoms with van der Waals surface area (Å²) in [5.41, 5.74) is 0.946. The van der Waals surface area contributed by atoms with Crippen LogP contribution < -0.4 is 10.2 Å². The number of anilines is 1. The van der Waals surface area contributed by atoms with Crippen molar-refractivity contribution in [1.82, 2.24) is 10.3 Å². The summed E-state index contributed by atoms with van der Waals surface area (Å²) in [6, 6.07) is 4.60. The van der Waals surface area contributed by atoms with Crippen LogP contribution in [0, 0.1) is 0 Å². The van der Waals surface area contributed by atoms with Crippen molar-refractivity contribution < 1.29 is 0 Å². The second-order valence-corrected chi connectivity index (χ2v) is 5.51. The number of nitrogens with one attached hydrogen (secondary N) is 1. The van der Waals surface area contributed by atoms with Crippen LogP contribution in [0.25, 0.3) is 0 Å². The number of allylic oxidation sites excluding steroid dienone is 1. The highest BCUT2D eigenvalue weighted by atomic mass is 35.5. The molecule has 0 spiro atoms. The van der Waals surface area contributed by atoms with Gasteiger partial charge in [0.1, 0.15) is 5.82 Å². The van der Waals surface area contributed by atoms with Crippen molar-refractivity contribution in [2.45, 2.75) is 38.3 Å². The van der Waals surface area contributed by atoms with Gasteiger partial charge in [-0.1, -0.05) is 17.7 Å². The Morgan fingerprint density at radius 2 is 2.32 bits per heavy atom. The first-order chi connectivity index (χ1) is 9.20. The lowest BCUT2D eigenvalue weighted by Crippen LogP contribution is -2.21. The van der Waals surface area contributed by atoms with Crippen LogP contribution in [-0.4, -0.2) is 24.6 Å². The molecule has 2 rings (SSSR count). The second kappa shape index (κ2) is 6.92. The monoisotopic (exact) mass is 279 g/mol. The van der Waals surface area contributed by atoms with Crippen LogP contribution in [0.15, 0.2) is 24.8 Å². The topological polar surface area (TPSA) is 28.2 Å². The molecule has 1 N–H and O–H groups in total. The van der Waals surface area contributed by atoms with E-state index >= 15 is 0 Å². The smallest absolute Gasteiger partial charge is 0.128 e. The Morgan fingerprint density at radius 3 is 3.00 bits per heavy atom. The molecule has 104 valence electrons. The van der Waals surface area contributed by atoms with Gasteiger partial charge in [0, 0.05) is 26.2 Å². The predicted octanol–water partition coefficient (Wildman–Crippen LogP) is 3.39. The average Bonchev–Trinajstić information content (AvgIpc) is 3.22. The van der Waals surface area contributed by atoms with Crippen LogP contribution >= 0.6 is 11.6 Å². The zero-order valence-corrected chi connectivity index (χ0v) is 12.3. The fourth-order valence-electron chi connectivity index (χ4n) is 1.93. The molecule has 0 radical (unpaired) electrons. The first-order valence-corrected chi connectivity index (χ1v) is 7.29. The fourth-order valence-corrected chi connectivity index (χ4v) is 2.10. The summed E-state index contributed by atoms with van der Waals surface area (Å²) in [7, 11) is 2.07. The van der Waals surface area contributed by atoms with Crippen molar-refractivity contribution in [3.8, 4) is 0 Å². The molecule has 0 amide bonds. The summed E-state index contributed by atoms with van der Waals surface area (Å²) in [6.45, 7) is 5.49. The minimum absolute atomic E-state index is 0.673. The van der Waals surface area contributed by atoms with E-state index in [2.05, 4.69) is 28.8 Å². The first kappa shape index (κ1) is 14.4. The number of unbranched alkanes of at least 4 members (excludes halogenated alkanes) is 1. The van der Waals surface area contributed by atoms with Crippen LogP contribution in [0.5, 0.6) is 0 Å². The maximum Gasteiger partial charge on any atom is 0.128 e. The standard InChI is InChI=1S/C15H22ClN3/c1-3-4-5-10-19(2)15-9-8-13(16)14(18-15)11-17-12-6-7-12/h3,8-9,12,17H,1,4-7,10-11H2,2H3. The summed E-state index contributed by atoms with van der Waals surface area (Å²) < 4.78 is 0. The van der Waals surface area contributed by atoms with Gasteiger partial charge in [0.15, 0.2) is 0 Å². The molecule has 1 aromatic rings. The Labute approximate surface area is 120 Å². The molecule has 1 heterocycles. The molecular formula is C15H22ClN3. The van der Waals surface area contributed by atoms with Gasteiger partial charge in [-0.05, 0) is 37.8 Å². The molecule has 0 aliphatic heterocycles. The Hall–Kier alpha value is -1.06. The summed E-state index contributed by atoms with van der Waals surface area (Å²) in [4.78, 5) is 6.82. The number of rotatable bonds is 8. The Balaban J connectivity index is 1.95. The predicted molar refractivity (Wildman–Crippen MR) is 81.8 cm³/mol. The van der Waals surface area contributed by atoms with Crippen LogP contribution in [0.4, 0.5) is 5.82 Å². The molecule has 19 heavy (non-hydrogen) atoms. The summed E-state index contributed by atoms with van der Waals surface area (Å²) in [5, 5.41) is 4.20. The molecule has 4 heteroatoms. The van der Waals surface area contributed by atoms with Gasteiger partial charge in [-0.2, -0.15) is 0 Å². The molecule has 0 atom stereocenters. The highest BCUT2D eigenvalue weighted by Crippen LogP contribution is 2.22. The molecule has 1 fully saturated rings. The first-order valence-electron chi connectivity index (χ1n) is 6.91. The summed E-state index contributed by atoms with van der Waals surface area (Å²) in [6.07, 6.45) is 6.64. The van der Waals surface area contributed by atoms with Crippen molar-refractivity contribution in [3.63, 3.8) is 0 Å². The number of halogens is 1. The molecule has 0 saturated heterocycles. The van der Waals surface area contributed by atoms with E-state index in [-0.39, 0.29) is 0 Å². The fraction of sp³-hybridized carbons (Fsp3) is 0.533. The van der Waals surface area contributed by atoms with Gasteiger partial charge in [0.2, 0.25) is 0 Å². The van der Waals surface area contributed by atoms with Crippen molar-refractivity contribution >= 4 is 17.4 Å². The van der Waals surface area contributed by atoms with E-state index < -0.39 is 0 Å². The van der Waals surface area contributed by atoms with Crippen molar-refractivity contribution in [2.24, 2.45) is 0 Å². The third-order valence-corrected chi connectivity index (χ3v) is 3.68. The average molecular weight is 280 g/mol. The molecule has 3 nitrogen and oxygen atoms in total. The van der Waals surface area contributed by atoms with Gasteiger partial charge in [-0.25, -0.2) is 4.98 Å². The Morgan fingerprint density at radius 1 is 1.53 bits per heavy atom. The molecule has 1 aromatic heterocycles. The van der Waals surface area contributed by atoms with Gasteiger partial charge < -0.3 is 10.2 Å². The molecule has 0 bridgehead atoms. The maximum atomic E-state index is 6.20. The van der Waals surface area contributed by atoms with Gasteiger partial charge in [-0.3, -0.25) is 0 Å². The van der Waals surface area contributed by atoms with E-state index in [4.69, 9.17) is 11.6 Å². The number of hydrogen-bond acceptors (Lipinski definition) is 3. The van der Waals surface area contributed by atoms with Crippen LogP contribution in [0.1, 0.15) is 31.4 Å². The van der Waals surface area contributed by atoms with Gasteiger partial charge in [0.25, 0.3) is 0 Å². The van der Waals surface area contributed by atoms with E-state index in [0.29, 0.717) is 6.04 Å². The number of pyridine rings is 1. The van der Waals surface area contributed by atoms with E-state index in [1.54, 1.807) is 0 Å². The highest BCUT2D eigenvalue weighted by Gasteiger charge is 2.20. The van der Waals surface area contributed by atoms with Crippen molar-refractivity contribution in [2.75, 3.05) is 18.5 Å². The zero-order chi connectivity index (χ0) is 13.7. The van der Waals surface area contributed by atoms with Gasteiger partial charge >= 0.3 is 0 Å². The summed E-state index contributed by atoms with van der Waals surface area (Å²) in [5.74, 6) is 0.987. The molecular weight excluding hydrogens is 258 g/mol. The SMILES string of the molecule is C=CCCCN(C)c1ccc(Cl)c(CNC2CC2)n1. The number of nitrogens with zero attached hydrogens (tertiary/aromatic N) is 2. The zero-order valence-electron chi connectivity index (χ0n) is 11.5. The third-order valence-electron chi connectivity index (χ3n) is 3.33. The Bertz CT molecular complexity index is 429. The molecule has 1 saturated carbocycles. The quantitative estimate of drug-likeness (QED) is 0.584. The minimum Gasteiger partial charge on any atom is -0.360 e. The van der Waals surface area contributed by atoms with E-state index in [1.807, 2.05) is 18.2 Å². The lowest BCUT2D eigenvalue weighted by atomic mass is 10.3. The largest absolute Gasteiger partial charge is 0.360 e. The second-order valence-electron chi connectivity index (χ2n) is 5.11. The van der Waals surface area contributed by atoms with E-state index in [9.17, 15) is 0 Å². The molecule has 0 unspecified atom stereocenters. The van der Waals surface area contributed by atoms with Crippen LogP contribution in [0.3, 0.4) is 0 Å². The van der Waals surface area contributed by atoms with Crippen LogP contribution in [0.2, 0.25) is 5.02 Å². The normalized spacial score (nSPS) is 14.4. The lowest BCUT2D eigenvalue weighted by Gasteiger charge is -2.19. The number of aromatic nitrogens is 1. The number of hydrogen-bond donors (Lipinski definition) is 1. The van der Waals surface area contributed by atoms with Crippen LogP contribution in [-0.2, 0) is 6.54 Å². The van der Waals surface area contributed by atoms with Crippen molar-refractivity contribution in [3.05, 3.63) is 35.5 Å². The minimum atomic E-state index is 0.673. The lowest BCUT2D eigenvalue weighted by molar-refractivity contribution is 0.673. The molecule has 0 aromatic carbocycles. The third kappa shape index (κ3) is 4.51. The highest BCUT2D eigenvalue weighted by molar-refractivity contribution is 6.31. The van der Waals surface area contributed by atoms with Gasteiger partial charge in [-0.15, -0.1) is 6.58 Å². The summed E-state index contributed by atoms with van der Waals surface area (Å²) >= 11 is 6.20.